The Morgan fingerprint density at radius 1 is 1.07 bits per heavy atom. The van der Waals surface area contributed by atoms with Crippen LogP contribution in [0.3, 0.4) is 0 Å². The van der Waals surface area contributed by atoms with E-state index < -0.39 is 0 Å². The average Bonchev–Trinajstić information content (AvgIpc) is 2.73. The molecule has 1 amide bonds. The predicted molar refractivity (Wildman–Crippen MR) is 121 cm³/mol. The van der Waals surface area contributed by atoms with Crippen LogP contribution in [0, 0.1) is 19.8 Å². The number of benzene rings is 2. The Labute approximate surface area is 176 Å². The van der Waals surface area contributed by atoms with Gasteiger partial charge < -0.3 is 10.2 Å². The number of hydrogen-bond donors (Lipinski definition) is 1. The Morgan fingerprint density at radius 3 is 2.43 bits per heavy atom. The lowest BCUT2D eigenvalue weighted by atomic mass is 9.99. The maximum absolute atomic E-state index is 12.9. The van der Waals surface area contributed by atoms with Gasteiger partial charge in [-0.3, -0.25) is 9.36 Å². The van der Waals surface area contributed by atoms with Crippen molar-refractivity contribution in [3.8, 4) is 0 Å². The number of carbonyl (C=O) groups is 1. The first kappa shape index (κ1) is 20.1. The van der Waals surface area contributed by atoms with E-state index in [2.05, 4.69) is 22.1 Å². The minimum Gasteiger partial charge on any atom is -0.356 e. The third-order valence-corrected chi connectivity index (χ3v) is 6.00. The number of carbonyl (C=O) groups excluding carboxylic acids is 1. The van der Waals surface area contributed by atoms with Crippen molar-refractivity contribution in [1.29, 1.82) is 0 Å². The van der Waals surface area contributed by atoms with Gasteiger partial charge in [-0.15, -0.1) is 0 Å². The Bertz CT molecular complexity index is 1120. The van der Waals surface area contributed by atoms with Gasteiger partial charge in [0.2, 0.25) is 5.91 Å². The average molecular weight is 405 g/mol. The van der Waals surface area contributed by atoms with Crippen molar-refractivity contribution in [2.45, 2.75) is 40.2 Å². The fourth-order valence-electron chi connectivity index (χ4n) is 4.16. The molecule has 1 N–H and O–H groups in total. The molecule has 0 spiro atoms. The molecule has 2 aromatic carbocycles. The summed E-state index contributed by atoms with van der Waals surface area (Å²) in [6.45, 7) is 7.90. The molecule has 3 aromatic rings. The van der Waals surface area contributed by atoms with Crippen LogP contribution in [0.25, 0.3) is 10.9 Å². The van der Waals surface area contributed by atoms with Gasteiger partial charge in [0.05, 0.1) is 5.52 Å². The second-order valence-corrected chi connectivity index (χ2v) is 8.31. The molecule has 1 fully saturated rings. The molecule has 1 aromatic heterocycles. The minimum atomic E-state index is -0.390. The molecular formula is C24H28N4O2. The molecule has 6 heteroatoms. The summed E-state index contributed by atoms with van der Waals surface area (Å²) in [4.78, 5) is 32.3. The van der Waals surface area contributed by atoms with Crippen LogP contribution in [-0.4, -0.2) is 28.5 Å². The highest BCUT2D eigenvalue weighted by molar-refractivity contribution is 5.94. The Morgan fingerprint density at radius 2 is 1.73 bits per heavy atom. The molecule has 1 aliphatic heterocycles. The van der Waals surface area contributed by atoms with Crippen molar-refractivity contribution < 1.29 is 4.79 Å². The molecule has 4 rings (SSSR count). The van der Waals surface area contributed by atoms with Crippen LogP contribution in [0.1, 0.15) is 30.9 Å². The van der Waals surface area contributed by atoms with Crippen molar-refractivity contribution >= 4 is 28.3 Å². The lowest BCUT2D eigenvalue weighted by Gasteiger charge is -2.32. The number of piperidine rings is 1. The lowest BCUT2D eigenvalue weighted by Crippen LogP contribution is -2.37. The zero-order chi connectivity index (χ0) is 21.3. The summed E-state index contributed by atoms with van der Waals surface area (Å²) in [5, 5.41) is 3.87. The van der Waals surface area contributed by atoms with E-state index in [1.807, 2.05) is 56.3 Å². The number of nitrogens with one attached hydrogen (secondary N) is 1. The smallest absolute Gasteiger partial charge is 0.350 e. The standard InChI is InChI=1S/C24H28N4O2/c1-16-11-13-27(14-12-16)23-19-9-4-5-10-20(19)28(24(30)26-23)15-21(29)25-22-17(2)7-6-8-18(22)3/h4-10,16H,11-15H2,1-3H3,(H,25,29). The second kappa shape index (κ2) is 8.30. The molecule has 0 saturated carbocycles. The maximum atomic E-state index is 12.9. The van der Waals surface area contributed by atoms with Crippen LogP contribution in [0.4, 0.5) is 11.5 Å². The second-order valence-electron chi connectivity index (χ2n) is 8.31. The number of para-hydroxylation sites is 2. The van der Waals surface area contributed by atoms with Gasteiger partial charge in [-0.1, -0.05) is 37.3 Å². The van der Waals surface area contributed by atoms with E-state index in [0.29, 0.717) is 5.92 Å². The first-order valence-electron chi connectivity index (χ1n) is 10.5. The largest absolute Gasteiger partial charge is 0.356 e. The van der Waals surface area contributed by atoms with E-state index in [9.17, 15) is 9.59 Å². The van der Waals surface area contributed by atoms with Gasteiger partial charge in [0.1, 0.15) is 12.4 Å². The Hall–Kier alpha value is -3.15. The molecule has 0 bridgehead atoms. The summed E-state index contributed by atoms with van der Waals surface area (Å²) in [5.74, 6) is 1.19. The van der Waals surface area contributed by atoms with Crippen LogP contribution < -0.4 is 15.9 Å². The number of aryl methyl sites for hydroxylation is 2. The van der Waals surface area contributed by atoms with Gasteiger partial charge in [-0.25, -0.2) is 4.79 Å². The third-order valence-electron chi connectivity index (χ3n) is 6.00. The SMILES string of the molecule is Cc1cccc(C)c1NC(=O)Cn1c(=O)nc(N2CCC(C)CC2)c2ccccc21. The number of hydrogen-bond acceptors (Lipinski definition) is 4. The van der Waals surface area contributed by atoms with Gasteiger partial charge in [0.25, 0.3) is 0 Å². The molecule has 0 atom stereocenters. The highest BCUT2D eigenvalue weighted by Gasteiger charge is 2.21. The summed E-state index contributed by atoms with van der Waals surface area (Å²) in [6, 6.07) is 13.6. The Balaban J connectivity index is 1.67. The normalized spacial score (nSPS) is 14.8. The third kappa shape index (κ3) is 3.95. The number of amides is 1. The van der Waals surface area contributed by atoms with E-state index in [4.69, 9.17) is 0 Å². The van der Waals surface area contributed by atoms with Crippen LogP contribution in [0.5, 0.6) is 0 Å². The number of rotatable bonds is 4. The quantitative estimate of drug-likeness (QED) is 0.716. The van der Waals surface area contributed by atoms with Gasteiger partial charge in [0.15, 0.2) is 0 Å². The summed E-state index contributed by atoms with van der Waals surface area (Å²) in [6.07, 6.45) is 2.19. The zero-order valence-electron chi connectivity index (χ0n) is 17.8. The molecule has 6 nitrogen and oxygen atoms in total. The van der Waals surface area contributed by atoms with Crippen molar-refractivity contribution in [3.63, 3.8) is 0 Å². The highest BCUT2D eigenvalue weighted by atomic mass is 16.2. The van der Waals surface area contributed by atoms with Crippen LogP contribution in [0.2, 0.25) is 0 Å². The van der Waals surface area contributed by atoms with Gasteiger partial charge in [0, 0.05) is 24.2 Å². The molecule has 0 aliphatic carbocycles. The molecular weight excluding hydrogens is 376 g/mol. The van der Waals surface area contributed by atoms with Crippen molar-refractivity contribution in [2.24, 2.45) is 5.92 Å². The fourth-order valence-corrected chi connectivity index (χ4v) is 4.16. The minimum absolute atomic E-state index is 0.0720. The molecule has 0 unspecified atom stereocenters. The molecule has 156 valence electrons. The summed E-state index contributed by atoms with van der Waals surface area (Å²) >= 11 is 0. The van der Waals surface area contributed by atoms with E-state index in [1.165, 1.54) is 4.57 Å². The molecule has 2 heterocycles. The molecule has 1 aliphatic rings. The first-order valence-corrected chi connectivity index (χ1v) is 10.5. The number of nitrogens with zero attached hydrogens (tertiary/aromatic N) is 3. The fraction of sp³-hybridized carbons (Fsp3) is 0.375. The van der Waals surface area contributed by atoms with Crippen LogP contribution in [0.15, 0.2) is 47.3 Å². The van der Waals surface area contributed by atoms with E-state index in [-0.39, 0.29) is 18.1 Å². The number of aromatic nitrogens is 2. The highest BCUT2D eigenvalue weighted by Crippen LogP contribution is 2.27. The van der Waals surface area contributed by atoms with Crippen molar-refractivity contribution in [2.75, 3.05) is 23.3 Å². The number of fused-ring (bicyclic) bond motifs is 1. The van der Waals surface area contributed by atoms with E-state index in [1.54, 1.807) is 0 Å². The first-order chi connectivity index (χ1) is 14.4. The van der Waals surface area contributed by atoms with Crippen molar-refractivity contribution in [3.05, 3.63) is 64.1 Å². The van der Waals surface area contributed by atoms with Crippen LogP contribution in [-0.2, 0) is 11.3 Å². The van der Waals surface area contributed by atoms with Gasteiger partial charge in [-0.05, 0) is 55.9 Å². The monoisotopic (exact) mass is 404 g/mol. The van der Waals surface area contributed by atoms with E-state index in [0.717, 1.165) is 59.5 Å². The maximum Gasteiger partial charge on any atom is 0.350 e. The molecule has 0 radical (unpaired) electrons. The van der Waals surface area contributed by atoms with Crippen molar-refractivity contribution in [1.82, 2.24) is 9.55 Å². The topological polar surface area (TPSA) is 67.2 Å². The summed E-state index contributed by atoms with van der Waals surface area (Å²) in [5.41, 5.74) is 3.13. The number of anilines is 2. The summed E-state index contributed by atoms with van der Waals surface area (Å²) < 4.78 is 1.47. The zero-order valence-corrected chi connectivity index (χ0v) is 17.8. The molecule has 1 saturated heterocycles. The van der Waals surface area contributed by atoms with Gasteiger partial charge in [-0.2, -0.15) is 4.98 Å². The van der Waals surface area contributed by atoms with Gasteiger partial charge >= 0.3 is 5.69 Å². The molecule has 30 heavy (non-hydrogen) atoms. The summed E-state index contributed by atoms with van der Waals surface area (Å²) in [7, 11) is 0. The van der Waals surface area contributed by atoms with E-state index >= 15 is 0 Å². The Kier molecular flexibility index (Phi) is 5.57. The lowest BCUT2D eigenvalue weighted by molar-refractivity contribution is -0.116. The van der Waals surface area contributed by atoms with Crippen LogP contribution >= 0.6 is 0 Å². The predicted octanol–water partition coefficient (Wildman–Crippen LogP) is 3.89.